The van der Waals surface area contributed by atoms with Crippen molar-refractivity contribution in [2.45, 2.75) is 18.9 Å². The van der Waals surface area contributed by atoms with E-state index in [1.807, 2.05) is 0 Å². The van der Waals surface area contributed by atoms with E-state index in [1.165, 1.54) is 0 Å². The quantitative estimate of drug-likeness (QED) is 0.776. The molecule has 2 fully saturated rings. The van der Waals surface area contributed by atoms with E-state index in [4.69, 9.17) is 0 Å². The first-order valence-electron chi connectivity index (χ1n) is 7.31. The molecule has 3 rings (SSSR count). The Labute approximate surface area is 118 Å². The Morgan fingerprint density at radius 1 is 1.45 bits per heavy atom. The van der Waals surface area contributed by atoms with Gasteiger partial charge in [-0.1, -0.05) is 5.21 Å². The second-order valence-electron chi connectivity index (χ2n) is 5.85. The lowest BCUT2D eigenvalue weighted by molar-refractivity contribution is 0.0934. The van der Waals surface area contributed by atoms with Crippen molar-refractivity contribution in [1.29, 1.82) is 0 Å². The van der Waals surface area contributed by atoms with Gasteiger partial charge in [-0.15, -0.1) is 5.10 Å². The van der Waals surface area contributed by atoms with Gasteiger partial charge in [0.15, 0.2) is 5.69 Å². The molecule has 7 heteroatoms. The Kier molecular flexibility index (Phi) is 3.98. The summed E-state index contributed by atoms with van der Waals surface area (Å²) in [7, 11) is 2.14. The Morgan fingerprint density at radius 3 is 2.85 bits per heavy atom. The smallest absolute Gasteiger partial charge is 0.273 e. The summed E-state index contributed by atoms with van der Waals surface area (Å²) in [6.07, 6.45) is 4.05. The van der Waals surface area contributed by atoms with Crippen molar-refractivity contribution in [2.75, 3.05) is 39.8 Å². The number of hydrogen-bond donors (Lipinski definition) is 2. The maximum absolute atomic E-state index is 12.0. The SMILES string of the molecule is CN1CCC(CNC(=O)c2cn(C3CNC3)nn2)CC1. The zero-order valence-electron chi connectivity index (χ0n) is 11.9. The predicted molar refractivity (Wildman–Crippen MR) is 74.5 cm³/mol. The molecular formula is C13H22N6O. The van der Waals surface area contributed by atoms with Crippen molar-refractivity contribution in [3.63, 3.8) is 0 Å². The maximum Gasteiger partial charge on any atom is 0.273 e. The van der Waals surface area contributed by atoms with E-state index in [0.29, 0.717) is 17.7 Å². The molecule has 110 valence electrons. The van der Waals surface area contributed by atoms with Crippen LogP contribution in [0.5, 0.6) is 0 Å². The molecule has 0 unspecified atom stereocenters. The predicted octanol–water partition coefficient (Wildman–Crippen LogP) is -0.506. The molecule has 0 bridgehead atoms. The fraction of sp³-hybridized carbons (Fsp3) is 0.769. The third-order valence-electron chi connectivity index (χ3n) is 4.27. The number of rotatable bonds is 4. The van der Waals surface area contributed by atoms with E-state index in [1.54, 1.807) is 10.9 Å². The zero-order valence-corrected chi connectivity index (χ0v) is 11.9. The number of likely N-dealkylation sites (tertiary alicyclic amines) is 1. The molecule has 1 aromatic rings. The van der Waals surface area contributed by atoms with Crippen molar-refractivity contribution >= 4 is 5.91 Å². The standard InChI is InChI=1S/C13H22N6O/c1-18-4-2-10(3-5-18)6-15-13(20)12-9-19(17-16-12)11-7-14-8-11/h9-11,14H,2-8H2,1H3,(H,15,20). The molecule has 0 saturated carbocycles. The lowest BCUT2D eigenvalue weighted by Crippen LogP contribution is -2.43. The molecule has 7 nitrogen and oxygen atoms in total. The van der Waals surface area contributed by atoms with E-state index in [2.05, 4.69) is 32.9 Å². The van der Waals surface area contributed by atoms with Crippen molar-refractivity contribution < 1.29 is 4.79 Å². The van der Waals surface area contributed by atoms with Gasteiger partial charge < -0.3 is 15.5 Å². The summed E-state index contributed by atoms with van der Waals surface area (Å²) in [5.74, 6) is 0.475. The Balaban J connectivity index is 1.47. The molecule has 3 heterocycles. The second kappa shape index (κ2) is 5.88. The van der Waals surface area contributed by atoms with E-state index >= 15 is 0 Å². The fourth-order valence-corrected chi connectivity index (χ4v) is 2.61. The molecule has 2 N–H and O–H groups in total. The highest BCUT2D eigenvalue weighted by atomic mass is 16.2. The van der Waals surface area contributed by atoms with Crippen molar-refractivity contribution in [3.8, 4) is 0 Å². The summed E-state index contributed by atoms with van der Waals surface area (Å²) in [4.78, 5) is 14.4. The zero-order chi connectivity index (χ0) is 13.9. The third kappa shape index (κ3) is 2.99. The monoisotopic (exact) mass is 278 g/mol. The molecule has 0 aliphatic carbocycles. The molecule has 0 atom stereocenters. The average Bonchev–Trinajstić information content (AvgIpc) is 2.85. The highest BCUT2D eigenvalue weighted by Crippen LogP contribution is 2.15. The number of nitrogens with zero attached hydrogens (tertiary/aromatic N) is 4. The van der Waals surface area contributed by atoms with E-state index in [0.717, 1.165) is 45.6 Å². The van der Waals surface area contributed by atoms with E-state index < -0.39 is 0 Å². The average molecular weight is 278 g/mol. The first kappa shape index (κ1) is 13.5. The summed E-state index contributed by atoms with van der Waals surface area (Å²) in [6.45, 7) is 4.78. The highest BCUT2D eigenvalue weighted by Gasteiger charge is 2.22. The van der Waals surface area contributed by atoms with Gasteiger partial charge in [0.1, 0.15) is 0 Å². The molecule has 2 aliphatic rings. The van der Waals surface area contributed by atoms with Gasteiger partial charge in [0.25, 0.3) is 5.91 Å². The Morgan fingerprint density at radius 2 is 2.20 bits per heavy atom. The van der Waals surface area contributed by atoms with Crippen LogP contribution >= 0.6 is 0 Å². The van der Waals surface area contributed by atoms with Crippen molar-refractivity contribution in [2.24, 2.45) is 5.92 Å². The lowest BCUT2D eigenvalue weighted by Gasteiger charge is -2.28. The largest absolute Gasteiger partial charge is 0.350 e. The third-order valence-corrected chi connectivity index (χ3v) is 4.27. The van der Waals surface area contributed by atoms with Crippen LogP contribution in [0.3, 0.4) is 0 Å². The summed E-state index contributed by atoms with van der Waals surface area (Å²) in [5.41, 5.74) is 0.421. The van der Waals surface area contributed by atoms with Gasteiger partial charge in [0.05, 0.1) is 12.2 Å². The summed E-state index contributed by atoms with van der Waals surface area (Å²) in [6, 6.07) is 0.345. The molecule has 0 radical (unpaired) electrons. The van der Waals surface area contributed by atoms with Gasteiger partial charge in [0, 0.05) is 19.6 Å². The minimum Gasteiger partial charge on any atom is -0.350 e. The van der Waals surface area contributed by atoms with Crippen LogP contribution in [0, 0.1) is 5.92 Å². The van der Waals surface area contributed by atoms with Gasteiger partial charge in [-0.2, -0.15) is 0 Å². The van der Waals surface area contributed by atoms with Crippen LogP contribution < -0.4 is 10.6 Å². The molecule has 2 aliphatic heterocycles. The van der Waals surface area contributed by atoms with Gasteiger partial charge in [0.2, 0.25) is 0 Å². The minimum absolute atomic E-state index is 0.109. The van der Waals surface area contributed by atoms with Crippen LogP contribution in [0.25, 0.3) is 0 Å². The first-order chi connectivity index (χ1) is 9.72. The van der Waals surface area contributed by atoms with Crippen molar-refractivity contribution in [3.05, 3.63) is 11.9 Å². The van der Waals surface area contributed by atoms with Crippen LogP contribution in [0.2, 0.25) is 0 Å². The maximum atomic E-state index is 12.0. The number of carbonyl (C=O) groups excluding carboxylic acids is 1. The highest BCUT2D eigenvalue weighted by molar-refractivity contribution is 5.91. The van der Waals surface area contributed by atoms with Crippen LogP contribution in [-0.4, -0.2) is 65.6 Å². The number of piperidine rings is 1. The number of carbonyl (C=O) groups is 1. The second-order valence-corrected chi connectivity index (χ2v) is 5.85. The first-order valence-corrected chi connectivity index (χ1v) is 7.31. The molecule has 0 aromatic carbocycles. The fourth-order valence-electron chi connectivity index (χ4n) is 2.61. The normalized spacial score (nSPS) is 21.6. The summed E-state index contributed by atoms with van der Waals surface area (Å²) >= 11 is 0. The van der Waals surface area contributed by atoms with Gasteiger partial charge in [-0.25, -0.2) is 4.68 Å². The van der Waals surface area contributed by atoms with Crippen molar-refractivity contribution in [1.82, 2.24) is 30.5 Å². The van der Waals surface area contributed by atoms with Crippen LogP contribution in [0.4, 0.5) is 0 Å². The van der Waals surface area contributed by atoms with Crippen LogP contribution in [0.15, 0.2) is 6.20 Å². The number of hydrogen-bond acceptors (Lipinski definition) is 5. The Hall–Kier alpha value is -1.47. The lowest BCUT2D eigenvalue weighted by atomic mass is 9.97. The number of nitrogens with one attached hydrogen (secondary N) is 2. The summed E-state index contributed by atoms with van der Waals surface area (Å²) < 4.78 is 1.78. The number of aromatic nitrogens is 3. The minimum atomic E-state index is -0.109. The molecular weight excluding hydrogens is 256 g/mol. The molecule has 0 spiro atoms. The van der Waals surface area contributed by atoms with E-state index in [9.17, 15) is 4.79 Å². The Bertz CT molecular complexity index is 461. The topological polar surface area (TPSA) is 75.1 Å². The van der Waals surface area contributed by atoms with Gasteiger partial charge in [-0.3, -0.25) is 4.79 Å². The molecule has 1 amide bonds. The molecule has 20 heavy (non-hydrogen) atoms. The number of amides is 1. The summed E-state index contributed by atoms with van der Waals surface area (Å²) in [5, 5.41) is 14.1. The van der Waals surface area contributed by atoms with Crippen LogP contribution in [0.1, 0.15) is 29.4 Å². The van der Waals surface area contributed by atoms with Gasteiger partial charge >= 0.3 is 0 Å². The molecule has 1 aromatic heterocycles. The van der Waals surface area contributed by atoms with Crippen LogP contribution in [-0.2, 0) is 0 Å². The molecule has 2 saturated heterocycles. The van der Waals surface area contributed by atoms with Gasteiger partial charge in [-0.05, 0) is 38.9 Å². The van der Waals surface area contributed by atoms with E-state index in [-0.39, 0.29) is 5.91 Å².